The quantitative estimate of drug-likeness (QED) is 0.350. The summed E-state index contributed by atoms with van der Waals surface area (Å²) in [6.45, 7) is 2.04. The molecule has 0 bridgehead atoms. The number of amides is 3. The first-order valence-electron chi connectivity index (χ1n) is 14.2. The third-order valence-electron chi connectivity index (χ3n) is 8.40. The van der Waals surface area contributed by atoms with Crippen molar-refractivity contribution in [1.29, 1.82) is 0 Å². The fourth-order valence-electron chi connectivity index (χ4n) is 6.24. The van der Waals surface area contributed by atoms with Crippen LogP contribution in [0.2, 0.25) is 0 Å². The number of benzene rings is 1. The van der Waals surface area contributed by atoms with Gasteiger partial charge in [-0.3, -0.25) is 19.2 Å². The van der Waals surface area contributed by atoms with Crippen LogP contribution in [0, 0.1) is 5.92 Å². The molecule has 1 aromatic heterocycles. The fraction of sp³-hybridized carbons (Fsp3) is 0.586. The average Bonchev–Trinajstić information content (AvgIpc) is 3.63. The first-order valence-corrected chi connectivity index (χ1v) is 14.2. The summed E-state index contributed by atoms with van der Waals surface area (Å²) < 4.78 is 5.44. The van der Waals surface area contributed by atoms with Crippen molar-refractivity contribution in [3.8, 4) is 5.75 Å². The van der Waals surface area contributed by atoms with Crippen molar-refractivity contribution >= 4 is 34.4 Å². The van der Waals surface area contributed by atoms with E-state index in [0.29, 0.717) is 50.0 Å². The Bertz CT molecular complexity index is 1210. The lowest BCUT2D eigenvalue weighted by atomic mass is 9.82. The Morgan fingerprint density at radius 1 is 1.03 bits per heavy atom. The van der Waals surface area contributed by atoms with E-state index in [1.54, 1.807) is 11.0 Å². The van der Waals surface area contributed by atoms with Gasteiger partial charge in [-0.2, -0.15) is 0 Å². The molecule has 10 nitrogen and oxygen atoms in total. The molecule has 3 fully saturated rings. The van der Waals surface area contributed by atoms with E-state index < -0.39 is 17.7 Å². The summed E-state index contributed by atoms with van der Waals surface area (Å²) in [5.74, 6) is -2.27. The van der Waals surface area contributed by atoms with Crippen LogP contribution in [0.25, 0.3) is 10.9 Å². The minimum atomic E-state index is -0.912. The molecule has 39 heavy (non-hydrogen) atoms. The molecule has 0 spiro atoms. The van der Waals surface area contributed by atoms with Crippen molar-refractivity contribution in [2.75, 3.05) is 32.8 Å². The number of phenolic OH excluding ortho intramolecular Hbond substituents is 1. The number of hydrogen-bond acceptors (Lipinski definition) is 6. The number of ether oxygens (including phenoxy) is 1. The lowest BCUT2D eigenvalue weighted by molar-refractivity contribution is -0.145. The molecule has 1 saturated carbocycles. The van der Waals surface area contributed by atoms with Gasteiger partial charge in [0.1, 0.15) is 18.3 Å². The predicted molar refractivity (Wildman–Crippen MR) is 144 cm³/mol. The zero-order chi connectivity index (χ0) is 27.4. The summed E-state index contributed by atoms with van der Waals surface area (Å²) in [6.07, 6.45) is 9.07. The van der Waals surface area contributed by atoms with E-state index in [2.05, 4.69) is 10.3 Å². The van der Waals surface area contributed by atoms with E-state index >= 15 is 0 Å². The molecule has 0 radical (unpaired) electrons. The van der Waals surface area contributed by atoms with Crippen LogP contribution in [-0.4, -0.2) is 88.3 Å². The standard InChI is InChI=1S/C29H38N4O6/c34-21-8-9-22-23(17-30-24(22)16-21)27(36)29(38)33(18-25(35)32-12-4-5-13-32)26(19-6-2-1-3-7-19)28(37)31-20-10-14-39-15-11-20/h8-9,16-17,19-20,26,30,34H,1-7,10-15,18H2,(H,31,37). The summed E-state index contributed by atoms with van der Waals surface area (Å²) in [6, 6.07) is 3.54. The maximum Gasteiger partial charge on any atom is 0.296 e. The zero-order valence-corrected chi connectivity index (χ0v) is 22.3. The normalized spacial score (nSPS) is 19.6. The van der Waals surface area contributed by atoms with E-state index in [0.717, 1.165) is 44.9 Å². The predicted octanol–water partition coefficient (Wildman–Crippen LogP) is 2.75. The number of ketones is 1. The third-order valence-corrected chi connectivity index (χ3v) is 8.40. The number of aromatic amines is 1. The van der Waals surface area contributed by atoms with Crippen molar-refractivity contribution in [3.63, 3.8) is 0 Å². The highest BCUT2D eigenvalue weighted by atomic mass is 16.5. The fourth-order valence-corrected chi connectivity index (χ4v) is 6.24. The largest absolute Gasteiger partial charge is 0.508 e. The molecule has 3 aliphatic rings. The number of nitrogens with zero attached hydrogens (tertiary/aromatic N) is 2. The Hall–Kier alpha value is -3.40. The first-order chi connectivity index (χ1) is 18.9. The van der Waals surface area contributed by atoms with Crippen molar-refractivity contribution < 1.29 is 29.0 Å². The maximum absolute atomic E-state index is 14.0. The van der Waals surface area contributed by atoms with Gasteiger partial charge in [-0.15, -0.1) is 0 Å². The van der Waals surface area contributed by atoms with Gasteiger partial charge in [-0.25, -0.2) is 0 Å². The highest BCUT2D eigenvalue weighted by Gasteiger charge is 2.42. The van der Waals surface area contributed by atoms with Crippen LogP contribution in [-0.2, 0) is 19.1 Å². The lowest BCUT2D eigenvalue weighted by Gasteiger charge is -2.38. The van der Waals surface area contributed by atoms with Gasteiger partial charge >= 0.3 is 0 Å². The van der Waals surface area contributed by atoms with E-state index in [1.165, 1.54) is 23.2 Å². The number of nitrogens with one attached hydrogen (secondary N) is 2. The van der Waals surface area contributed by atoms with Gasteiger partial charge in [-0.1, -0.05) is 19.3 Å². The van der Waals surface area contributed by atoms with Gasteiger partial charge in [-0.05, 0) is 56.6 Å². The second kappa shape index (κ2) is 12.2. The number of aromatic nitrogens is 1. The molecule has 2 saturated heterocycles. The van der Waals surface area contributed by atoms with Crippen LogP contribution in [0.5, 0.6) is 5.75 Å². The van der Waals surface area contributed by atoms with Crippen LogP contribution >= 0.6 is 0 Å². The molecule has 1 aliphatic carbocycles. The van der Waals surface area contributed by atoms with Crippen LogP contribution in [0.15, 0.2) is 24.4 Å². The highest BCUT2D eigenvalue weighted by Crippen LogP contribution is 2.31. The van der Waals surface area contributed by atoms with Gasteiger partial charge in [0.25, 0.3) is 11.7 Å². The van der Waals surface area contributed by atoms with Crippen molar-refractivity contribution in [2.45, 2.75) is 69.9 Å². The van der Waals surface area contributed by atoms with Gasteiger partial charge in [0.2, 0.25) is 11.8 Å². The number of H-pyrrole nitrogens is 1. The molecule has 3 heterocycles. The number of phenols is 1. The van der Waals surface area contributed by atoms with E-state index in [1.807, 2.05) is 0 Å². The SMILES string of the molecule is O=C(C(=O)N(CC(=O)N1CCCC1)C(C(=O)NC1CCOCC1)C1CCCCC1)c1c[nH]c2cc(O)ccc12. The van der Waals surface area contributed by atoms with E-state index in [-0.39, 0.29) is 41.6 Å². The molecule has 1 unspecified atom stereocenters. The Kier molecular flexibility index (Phi) is 8.50. The monoisotopic (exact) mass is 538 g/mol. The van der Waals surface area contributed by atoms with Crippen molar-refractivity contribution in [3.05, 3.63) is 30.0 Å². The van der Waals surface area contributed by atoms with Gasteiger partial charge in [0.05, 0.1) is 5.56 Å². The summed E-state index contributed by atoms with van der Waals surface area (Å²) in [5, 5.41) is 13.4. The number of fused-ring (bicyclic) bond motifs is 1. The zero-order valence-electron chi connectivity index (χ0n) is 22.3. The number of carbonyl (C=O) groups excluding carboxylic acids is 4. The lowest BCUT2D eigenvalue weighted by Crippen LogP contribution is -2.59. The highest BCUT2D eigenvalue weighted by molar-refractivity contribution is 6.45. The first kappa shape index (κ1) is 27.2. The Balaban J connectivity index is 1.47. The number of hydrogen-bond donors (Lipinski definition) is 3. The second-order valence-electron chi connectivity index (χ2n) is 11.0. The second-order valence-corrected chi connectivity index (χ2v) is 11.0. The van der Waals surface area contributed by atoms with Crippen molar-refractivity contribution in [2.24, 2.45) is 5.92 Å². The van der Waals surface area contributed by atoms with Crippen molar-refractivity contribution in [1.82, 2.24) is 20.1 Å². The van der Waals surface area contributed by atoms with Gasteiger partial charge in [0.15, 0.2) is 0 Å². The topological polar surface area (TPSA) is 132 Å². The molecule has 2 aromatic rings. The number of Topliss-reactive ketones (excluding diaryl/α,β-unsaturated/α-hetero) is 1. The van der Waals surface area contributed by atoms with E-state index in [9.17, 15) is 24.3 Å². The minimum Gasteiger partial charge on any atom is -0.508 e. The van der Waals surface area contributed by atoms with Crippen LogP contribution in [0.1, 0.15) is 68.1 Å². The maximum atomic E-state index is 14.0. The Labute approximate surface area is 228 Å². The number of rotatable bonds is 8. The minimum absolute atomic E-state index is 0.0367. The molecule has 3 amide bonds. The molecule has 1 atom stereocenters. The average molecular weight is 539 g/mol. The number of carbonyl (C=O) groups is 4. The number of likely N-dealkylation sites (tertiary alicyclic amines) is 1. The molecule has 1 aromatic carbocycles. The van der Waals surface area contributed by atoms with E-state index in [4.69, 9.17) is 4.74 Å². The van der Waals surface area contributed by atoms with Gasteiger partial charge < -0.3 is 29.9 Å². The molecule has 5 rings (SSSR count). The summed E-state index contributed by atoms with van der Waals surface area (Å²) in [5.41, 5.74) is 0.674. The smallest absolute Gasteiger partial charge is 0.296 e. The Morgan fingerprint density at radius 3 is 2.46 bits per heavy atom. The molecule has 10 heteroatoms. The van der Waals surface area contributed by atoms with Crippen LogP contribution < -0.4 is 5.32 Å². The van der Waals surface area contributed by atoms with Gasteiger partial charge in [0, 0.05) is 55.5 Å². The third kappa shape index (κ3) is 6.11. The summed E-state index contributed by atoms with van der Waals surface area (Å²) in [7, 11) is 0. The summed E-state index contributed by atoms with van der Waals surface area (Å²) >= 11 is 0. The van der Waals surface area contributed by atoms with Crippen LogP contribution in [0.4, 0.5) is 0 Å². The number of aromatic hydroxyl groups is 1. The molecular weight excluding hydrogens is 500 g/mol. The molecule has 3 N–H and O–H groups in total. The molecular formula is C29H38N4O6. The molecule has 2 aliphatic heterocycles. The molecule has 210 valence electrons. The van der Waals surface area contributed by atoms with Crippen LogP contribution in [0.3, 0.4) is 0 Å². The summed E-state index contributed by atoms with van der Waals surface area (Å²) in [4.78, 5) is 60.9. The Morgan fingerprint density at radius 2 is 1.74 bits per heavy atom.